The maximum absolute atomic E-state index is 3.82. The van der Waals surface area contributed by atoms with Crippen molar-refractivity contribution in [2.24, 2.45) is 0 Å². The van der Waals surface area contributed by atoms with Gasteiger partial charge < -0.3 is 0 Å². The van der Waals surface area contributed by atoms with Gasteiger partial charge >= 0.3 is 0 Å². The van der Waals surface area contributed by atoms with Crippen LogP contribution in [0.15, 0.2) is 23.6 Å². The largest absolute Gasteiger partial charge is 0.151 e. The molecule has 9 heavy (non-hydrogen) atoms. The van der Waals surface area contributed by atoms with Gasteiger partial charge in [0.1, 0.15) is 0 Å². The van der Waals surface area contributed by atoms with E-state index in [9.17, 15) is 0 Å². The molecule has 0 aliphatic heterocycles. The molecule has 0 aliphatic carbocycles. The fourth-order valence-electron chi connectivity index (χ4n) is 0.161. The highest BCUT2D eigenvalue weighted by Gasteiger charge is 1.49. The van der Waals surface area contributed by atoms with Gasteiger partial charge in [-0.2, -0.15) is 12.6 Å². The van der Waals surface area contributed by atoms with E-state index < -0.39 is 0 Å². The van der Waals surface area contributed by atoms with Crippen LogP contribution in [-0.2, 0) is 0 Å². The molecule has 0 saturated heterocycles. The van der Waals surface area contributed by atoms with Crippen LogP contribution in [0.3, 0.4) is 0 Å². The molecule has 0 radical (unpaired) electrons. The van der Waals surface area contributed by atoms with E-state index >= 15 is 0 Å². The van der Waals surface area contributed by atoms with Crippen LogP contribution in [0.4, 0.5) is 0 Å². The van der Waals surface area contributed by atoms with Crippen LogP contribution in [-0.4, -0.2) is 0 Å². The zero-order valence-corrected chi connectivity index (χ0v) is 7.36. The zero-order chi connectivity index (χ0) is 7.54. The molecule has 0 saturated carbocycles. The summed E-state index contributed by atoms with van der Waals surface area (Å²) in [6.45, 7) is 6.22. The summed E-state index contributed by atoms with van der Waals surface area (Å²) in [5, 5.41) is 1.69. The van der Waals surface area contributed by atoms with Crippen LogP contribution >= 0.6 is 12.6 Å². The lowest BCUT2D eigenvalue weighted by molar-refractivity contribution is 1.09. The van der Waals surface area contributed by atoms with Crippen molar-refractivity contribution < 1.29 is 0 Å². The number of hydrogen-bond acceptors (Lipinski definition) is 1. The monoisotopic (exact) mass is 144 g/mol. The van der Waals surface area contributed by atoms with Crippen LogP contribution < -0.4 is 0 Å². The van der Waals surface area contributed by atoms with E-state index in [-0.39, 0.29) is 0 Å². The van der Waals surface area contributed by atoms with E-state index in [2.05, 4.69) is 26.5 Å². The van der Waals surface area contributed by atoms with Crippen LogP contribution in [0, 0.1) is 0 Å². The van der Waals surface area contributed by atoms with Gasteiger partial charge in [-0.05, 0) is 12.3 Å². The third-order valence-electron chi connectivity index (χ3n) is 0.390. The van der Waals surface area contributed by atoms with E-state index in [1.165, 1.54) is 6.42 Å². The summed E-state index contributed by atoms with van der Waals surface area (Å²) in [5.74, 6) is 0. The van der Waals surface area contributed by atoms with E-state index in [4.69, 9.17) is 0 Å². The first-order chi connectivity index (χ1) is 4.33. The first kappa shape index (κ1) is 11.6. The fourth-order valence-corrected chi connectivity index (χ4v) is 0.260. The maximum Gasteiger partial charge on any atom is -0.0324 e. The Labute approximate surface area is 64.1 Å². The van der Waals surface area contributed by atoms with Crippen LogP contribution in [0.2, 0.25) is 0 Å². The molecule has 0 aromatic rings. The van der Waals surface area contributed by atoms with Crippen molar-refractivity contribution in [2.45, 2.75) is 27.2 Å². The van der Waals surface area contributed by atoms with Crippen molar-refractivity contribution in [3.63, 3.8) is 0 Å². The molecule has 0 atom stereocenters. The number of allylic oxidation sites excluding steroid dienone is 3. The zero-order valence-electron chi connectivity index (χ0n) is 6.46. The minimum absolute atomic E-state index is 1.25. The lowest BCUT2D eigenvalue weighted by atomic mass is 10.5. The number of thiol groups is 1. The molecular weight excluding hydrogens is 128 g/mol. The Morgan fingerprint density at radius 3 is 1.78 bits per heavy atom. The normalized spacial score (nSPS) is 9.78. The molecule has 0 rings (SSSR count). The Kier molecular flexibility index (Phi) is 20.2. The predicted molar refractivity (Wildman–Crippen MR) is 48.9 cm³/mol. The third-order valence-corrected chi connectivity index (χ3v) is 0.562. The highest BCUT2D eigenvalue weighted by Crippen LogP contribution is 1.77. The quantitative estimate of drug-likeness (QED) is 0.423. The van der Waals surface area contributed by atoms with E-state index in [1.807, 2.05) is 25.2 Å². The summed E-state index contributed by atoms with van der Waals surface area (Å²) in [4.78, 5) is 0. The first-order valence-electron chi connectivity index (χ1n) is 3.25. The molecule has 0 aliphatic rings. The van der Waals surface area contributed by atoms with Gasteiger partial charge in [0.15, 0.2) is 0 Å². The molecule has 0 aromatic carbocycles. The molecule has 0 unspecified atom stereocenters. The third kappa shape index (κ3) is 33.2. The molecule has 0 N–H and O–H groups in total. The summed E-state index contributed by atoms with van der Waals surface area (Å²) >= 11 is 3.82. The fraction of sp³-hybridized carbons (Fsp3) is 0.500. The average Bonchev–Trinajstić information content (AvgIpc) is 1.86. The first-order valence-corrected chi connectivity index (χ1v) is 3.77. The van der Waals surface area contributed by atoms with Crippen molar-refractivity contribution in [1.82, 2.24) is 0 Å². The predicted octanol–water partition coefficient (Wildman–Crippen LogP) is 3.42. The lowest BCUT2D eigenvalue weighted by Gasteiger charge is -1.62. The Hall–Kier alpha value is -0.170. The summed E-state index contributed by atoms with van der Waals surface area (Å²) in [7, 11) is 0. The van der Waals surface area contributed by atoms with Crippen molar-refractivity contribution in [3.05, 3.63) is 23.6 Å². The van der Waals surface area contributed by atoms with Gasteiger partial charge in [-0.1, -0.05) is 38.5 Å². The molecule has 1 heteroatoms. The second kappa shape index (κ2) is 15.7. The highest BCUT2D eigenvalue weighted by atomic mass is 32.1. The summed E-state index contributed by atoms with van der Waals surface area (Å²) < 4.78 is 0. The molecular formula is C8H16S. The van der Waals surface area contributed by atoms with Crippen molar-refractivity contribution >= 4 is 12.6 Å². The molecule has 0 amide bonds. The Bertz CT molecular complexity index is 62.6. The molecule has 0 nitrogen and oxygen atoms in total. The topological polar surface area (TPSA) is 0 Å². The van der Waals surface area contributed by atoms with Crippen molar-refractivity contribution in [1.29, 1.82) is 0 Å². The van der Waals surface area contributed by atoms with Gasteiger partial charge in [-0.15, -0.1) is 0 Å². The average molecular weight is 144 g/mol. The van der Waals surface area contributed by atoms with E-state index in [0.717, 1.165) is 0 Å². The van der Waals surface area contributed by atoms with Crippen molar-refractivity contribution in [2.75, 3.05) is 0 Å². The van der Waals surface area contributed by atoms with Gasteiger partial charge in [0.25, 0.3) is 0 Å². The molecule has 0 bridgehead atoms. The molecule has 0 heterocycles. The number of hydrogen-bond donors (Lipinski definition) is 1. The summed E-state index contributed by atoms with van der Waals surface area (Å²) in [6.07, 6.45) is 6.99. The van der Waals surface area contributed by atoms with Crippen molar-refractivity contribution in [3.8, 4) is 0 Å². The molecule has 54 valence electrons. The molecule has 0 spiro atoms. The van der Waals surface area contributed by atoms with Gasteiger partial charge in [-0.25, -0.2) is 0 Å². The second-order valence-corrected chi connectivity index (χ2v) is 1.87. The second-order valence-electron chi connectivity index (χ2n) is 1.57. The SMILES string of the molecule is C/C=C\C=C/S.CCC. The van der Waals surface area contributed by atoms with Gasteiger partial charge in [0, 0.05) is 0 Å². The Morgan fingerprint density at radius 1 is 1.22 bits per heavy atom. The molecule has 0 fully saturated rings. The van der Waals surface area contributed by atoms with Crippen LogP contribution in [0.1, 0.15) is 27.2 Å². The Balaban J connectivity index is 0. The summed E-state index contributed by atoms with van der Waals surface area (Å²) in [5.41, 5.74) is 0. The lowest BCUT2D eigenvalue weighted by Crippen LogP contribution is -1.37. The van der Waals surface area contributed by atoms with E-state index in [1.54, 1.807) is 5.41 Å². The van der Waals surface area contributed by atoms with E-state index in [0.29, 0.717) is 0 Å². The number of rotatable bonds is 1. The highest BCUT2D eigenvalue weighted by molar-refractivity contribution is 7.83. The molecule has 0 aromatic heterocycles. The van der Waals surface area contributed by atoms with Crippen LogP contribution in [0.25, 0.3) is 0 Å². The van der Waals surface area contributed by atoms with Gasteiger partial charge in [0.2, 0.25) is 0 Å². The van der Waals surface area contributed by atoms with Gasteiger partial charge in [-0.3, -0.25) is 0 Å². The maximum atomic E-state index is 3.82. The minimum Gasteiger partial charge on any atom is -0.151 e. The van der Waals surface area contributed by atoms with Gasteiger partial charge in [0.05, 0.1) is 0 Å². The summed E-state index contributed by atoms with van der Waals surface area (Å²) in [6, 6.07) is 0. The Morgan fingerprint density at radius 2 is 1.67 bits per heavy atom. The minimum atomic E-state index is 1.25. The standard InChI is InChI=1S/C5H8S.C3H8/c1-2-3-4-5-6;1-3-2/h2-6H,1H3;3H2,1-2H3/b3-2-,5-4-;. The van der Waals surface area contributed by atoms with Crippen LogP contribution in [0.5, 0.6) is 0 Å². The smallest absolute Gasteiger partial charge is 0.0324 e.